The number of nitrogens with one attached hydrogen (secondary N) is 1. The number of hydrogen-bond acceptors (Lipinski definition) is 4. The van der Waals surface area contributed by atoms with E-state index in [2.05, 4.69) is 9.62 Å². The van der Waals surface area contributed by atoms with E-state index in [1.165, 1.54) is 12.8 Å². The first-order valence-electron chi connectivity index (χ1n) is 6.94. The molecule has 1 aromatic rings. The highest BCUT2D eigenvalue weighted by Gasteiger charge is 2.29. The van der Waals surface area contributed by atoms with Crippen molar-refractivity contribution in [3.8, 4) is 0 Å². The van der Waals surface area contributed by atoms with Crippen LogP contribution in [-0.4, -0.2) is 39.0 Å². The number of benzene rings is 1. The second-order valence-corrected chi connectivity index (χ2v) is 7.22. The molecule has 1 aromatic carbocycles. The molecule has 3 N–H and O–H groups in total. The lowest BCUT2D eigenvalue weighted by Crippen LogP contribution is -2.41. The van der Waals surface area contributed by atoms with Gasteiger partial charge in [-0.1, -0.05) is 12.1 Å². The topological polar surface area (TPSA) is 75.4 Å². The Labute approximate surface area is 121 Å². The van der Waals surface area contributed by atoms with E-state index in [9.17, 15) is 8.42 Å². The average Bonchev–Trinajstić information content (AvgIpc) is 3.28. The maximum atomic E-state index is 12.2. The highest BCUT2D eigenvalue weighted by molar-refractivity contribution is 7.89. The summed E-state index contributed by atoms with van der Waals surface area (Å²) in [6.07, 6.45) is 2.43. The van der Waals surface area contributed by atoms with Gasteiger partial charge in [0.2, 0.25) is 10.0 Å². The third-order valence-electron chi connectivity index (χ3n) is 3.83. The zero-order valence-corrected chi connectivity index (χ0v) is 12.9. The van der Waals surface area contributed by atoms with Crippen LogP contribution >= 0.6 is 0 Å². The second-order valence-electron chi connectivity index (χ2n) is 5.45. The predicted octanol–water partition coefficient (Wildman–Crippen LogP) is 0.906. The first-order chi connectivity index (χ1) is 9.44. The molecule has 1 aliphatic carbocycles. The molecule has 0 bridgehead atoms. The molecule has 0 heterocycles. The van der Waals surface area contributed by atoms with Gasteiger partial charge in [-0.2, -0.15) is 0 Å². The lowest BCUT2D eigenvalue weighted by molar-refractivity contribution is 0.248. The van der Waals surface area contributed by atoms with E-state index >= 15 is 0 Å². The molecule has 112 valence electrons. The number of sulfonamides is 1. The molecule has 0 amide bonds. The number of nitrogens with zero attached hydrogens (tertiary/aromatic N) is 1. The first kappa shape index (κ1) is 15.4. The van der Waals surface area contributed by atoms with Crippen molar-refractivity contribution in [2.24, 2.45) is 5.73 Å². The minimum atomic E-state index is -3.46. The number of nitrogens with two attached hydrogens (primary N) is 1. The van der Waals surface area contributed by atoms with Crippen molar-refractivity contribution in [3.63, 3.8) is 0 Å². The minimum Gasteiger partial charge on any atom is -0.326 e. The van der Waals surface area contributed by atoms with Crippen molar-refractivity contribution < 1.29 is 8.42 Å². The van der Waals surface area contributed by atoms with Crippen LogP contribution in [0.4, 0.5) is 0 Å². The molecule has 0 aromatic heterocycles. The molecule has 1 unspecified atom stereocenters. The highest BCUT2D eigenvalue weighted by atomic mass is 32.2. The molecule has 0 spiro atoms. The number of hydrogen-bond donors (Lipinski definition) is 2. The second kappa shape index (κ2) is 6.22. The molecule has 1 fully saturated rings. The highest BCUT2D eigenvalue weighted by Crippen LogP contribution is 2.26. The summed E-state index contributed by atoms with van der Waals surface area (Å²) in [5.41, 5.74) is 6.36. The standard InChI is InChI=1S/C14H23N3O2S/c1-11(17(2)13-6-7-13)10-16-20(18,19)14-5-3-4-12(8-14)9-15/h3-5,8,11,13,16H,6-7,9-10,15H2,1-2H3. The van der Waals surface area contributed by atoms with Crippen LogP contribution in [0.15, 0.2) is 29.2 Å². The third kappa shape index (κ3) is 3.79. The van der Waals surface area contributed by atoms with Crippen molar-refractivity contribution in [3.05, 3.63) is 29.8 Å². The Morgan fingerprint density at radius 1 is 1.45 bits per heavy atom. The summed E-state index contributed by atoms with van der Waals surface area (Å²) < 4.78 is 27.2. The zero-order chi connectivity index (χ0) is 14.8. The van der Waals surface area contributed by atoms with Gasteiger partial charge in [0, 0.05) is 25.2 Å². The lowest BCUT2D eigenvalue weighted by Gasteiger charge is -2.24. The fraction of sp³-hybridized carbons (Fsp3) is 0.571. The van der Waals surface area contributed by atoms with E-state index in [1.54, 1.807) is 18.2 Å². The van der Waals surface area contributed by atoms with Crippen LogP contribution in [0.2, 0.25) is 0 Å². The maximum Gasteiger partial charge on any atom is 0.240 e. The smallest absolute Gasteiger partial charge is 0.240 e. The molecule has 0 aliphatic heterocycles. The van der Waals surface area contributed by atoms with Crippen LogP contribution in [0, 0.1) is 0 Å². The van der Waals surface area contributed by atoms with Gasteiger partial charge in [0.25, 0.3) is 0 Å². The molecule has 0 radical (unpaired) electrons. The summed E-state index contributed by atoms with van der Waals surface area (Å²) in [6.45, 7) is 2.80. The summed E-state index contributed by atoms with van der Waals surface area (Å²) in [4.78, 5) is 2.51. The van der Waals surface area contributed by atoms with Gasteiger partial charge in [-0.15, -0.1) is 0 Å². The van der Waals surface area contributed by atoms with Gasteiger partial charge >= 0.3 is 0 Å². The normalized spacial score (nSPS) is 17.4. The van der Waals surface area contributed by atoms with Gasteiger partial charge in [-0.05, 0) is 44.5 Å². The van der Waals surface area contributed by atoms with Gasteiger partial charge in [0.1, 0.15) is 0 Å². The SMILES string of the molecule is CC(CNS(=O)(=O)c1cccc(CN)c1)N(C)C1CC1. The van der Waals surface area contributed by atoms with Crippen molar-refractivity contribution in [2.45, 2.75) is 43.3 Å². The summed E-state index contributed by atoms with van der Waals surface area (Å²) >= 11 is 0. The van der Waals surface area contributed by atoms with Crippen LogP contribution in [0.25, 0.3) is 0 Å². The number of rotatable bonds is 7. The van der Waals surface area contributed by atoms with Crippen molar-refractivity contribution in [2.75, 3.05) is 13.6 Å². The third-order valence-corrected chi connectivity index (χ3v) is 5.25. The fourth-order valence-electron chi connectivity index (χ4n) is 2.14. The largest absolute Gasteiger partial charge is 0.326 e. The lowest BCUT2D eigenvalue weighted by atomic mass is 10.2. The summed E-state index contributed by atoms with van der Waals surface area (Å²) in [6, 6.07) is 7.57. The molecular weight excluding hydrogens is 274 g/mol. The van der Waals surface area contributed by atoms with Crippen molar-refractivity contribution >= 4 is 10.0 Å². The fourth-order valence-corrected chi connectivity index (χ4v) is 3.33. The van der Waals surface area contributed by atoms with Gasteiger partial charge in [0.15, 0.2) is 0 Å². The van der Waals surface area contributed by atoms with Crippen LogP contribution in [0.5, 0.6) is 0 Å². The zero-order valence-electron chi connectivity index (χ0n) is 12.0. The van der Waals surface area contributed by atoms with Crippen molar-refractivity contribution in [1.82, 2.24) is 9.62 Å². The van der Waals surface area contributed by atoms with E-state index in [0.717, 1.165) is 5.56 Å². The van der Waals surface area contributed by atoms with Crippen LogP contribution in [-0.2, 0) is 16.6 Å². The molecule has 1 saturated carbocycles. The van der Waals surface area contributed by atoms with Crippen molar-refractivity contribution in [1.29, 1.82) is 0 Å². The van der Waals surface area contributed by atoms with E-state index in [-0.39, 0.29) is 10.9 Å². The van der Waals surface area contributed by atoms with E-state index < -0.39 is 10.0 Å². The van der Waals surface area contributed by atoms with Gasteiger partial charge in [0.05, 0.1) is 4.90 Å². The van der Waals surface area contributed by atoms with Crippen LogP contribution in [0.3, 0.4) is 0 Å². The maximum absolute atomic E-state index is 12.2. The monoisotopic (exact) mass is 297 g/mol. The Morgan fingerprint density at radius 2 is 2.15 bits per heavy atom. The van der Waals surface area contributed by atoms with Crippen LogP contribution in [0.1, 0.15) is 25.3 Å². The minimum absolute atomic E-state index is 0.190. The molecule has 20 heavy (non-hydrogen) atoms. The molecular formula is C14H23N3O2S. The summed E-state index contributed by atoms with van der Waals surface area (Å²) in [7, 11) is -1.41. The van der Waals surface area contributed by atoms with E-state index in [4.69, 9.17) is 5.73 Å². The molecule has 0 saturated heterocycles. The van der Waals surface area contributed by atoms with Gasteiger partial charge in [-0.3, -0.25) is 4.90 Å². The first-order valence-corrected chi connectivity index (χ1v) is 8.43. The van der Waals surface area contributed by atoms with E-state index in [1.807, 2.05) is 20.0 Å². The molecule has 6 heteroatoms. The summed E-state index contributed by atoms with van der Waals surface area (Å²) in [5, 5.41) is 0. The predicted molar refractivity (Wildman–Crippen MR) is 79.8 cm³/mol. The Kier molecular flexibility index (Phi) is 4.80. The Balaban J connectivity index is 1.99. The molecule has 1 aliphatic rings. The molecule has 2 rings (SSSR count). The van der Waals surface area contributed by atoms with Gasteiger partial charge < -0.3 is 5.73 Å². The van der Waals surface area contributed by atoms with E-state index in [0.29, 0.717) is 19.1 Å². The number of likely N-dealkylation sites (N-methyl/N-ethyl adjacent to an activating group) is 1. The Bertz CT molecular complexity index is 555. The Morgan fingerprint density at radius 3 is 2.75 bits per heavy atom. The quantitative estimate of drug-likeness (QED) is 0.784. The molecule has 5 nitrogen and oxygen atoms in total. The summed E-state index contributed by atoms with van der Waals surface area (Å²) in [5.74, 6) is 0. The van der Waals surface area contributed by atoms with Crippen LogP contribution < -0.4 is 10.5 Å². The average molecular weight is 297 g/mol. The molecule has 1 atom stereocenters. The van der Waals surface area contributed by atoms with Gasteiger partial charge in [-0.25, -0.2) is 13.1 Å². The Hall–Kier alpha value is -0.950.